The number of nitrogens with zero attached hydrogens (tertiary/aromatic N) is 1. The topological polar surface area (TPSA) is 101 Å². The minimum atomic E-state index is -3.76. The number of hydrogen-bond donors (Lipinski definition) is 0. The molecule has 1 heterocycles. The van der Waals surface area contributed by atoms with Gasteiger partial charge in [0.1, 0.15) is 0 Å². The Morgan fingerprint density at radius 3 is 2.24 bits per heavy atom. The molecule has 0 amide bonds. The van der Waals surface area contributed by atoms with Crippen LogP contribution in [0.2, 0.25) is 0 Å². The van der Waals surface area contributed by atoms with Crippen LogP contribution in [0.4, 0.5) is 0 Å². The molecule has 1 saturated heterocycles. The third-order valence-electron chi connectivity index (χ3n) is 5.08. The first-order valence-electron chi connectivity index (χ1n) is 11.1. The van der Waals surface area contributed by atoms with Gasteiger partial charge >= 0.3 is 5.97 Å². The van der Waals surface area contributed by atoms with Crippen molar-refractivity contribution in [3.63, 3.8) is 0 Å². The second-order valence-corrected chi connectivity index (χ2v) is 9.23. The molecule has 0 aromatic heterocycles. The summed E-state index contributed by atoms with van der Waals surface area (Å²) in [6.45, 7) is 6.33. The Labute approximate surface area is 196 Å². The summed E-state index contributed by atoms with van der Waals surface area (Å²) >= 11 is 0. The molecular formula is C23H35NO8S. The highest BCUT2D eigenvalue weighted by Crippen LogP contribution is 2.14. The molecule has 1 aliphatic rings. The number of hydrogen-bond acceptors (Lipinski definition) is 9. The largest absolute Gasteiger partial charge is 0.466 e. The van der Waals surface area contributed by atoms with Crippen LogP contribution in [-0.2, 0) is 38.0 Å². The molecule has 0 spiro atoms. The number of benzene rings is 1. The van der Waals surface area contributed by atoms with Gasteiger partial charge in [-0.05, 0) is 31.9 Å². The van der Waals surface area contributed by atoms with Crippen molar-refractivity contribution in [2.75, 3.05) is 66.4 Å². The molecule has 0 aliphatic carbocycles. The Morgan fingerprint density at radius 2 is 1.61 bits per heavy atom. The zero-order valence-electron chi connectivity index (χ0n) is 19.4. The Morgan fingerprint density at radius 1 is 1.00 bits per heavy atom. The summed E-state index contributed by atoms with van der Waals surface area (Å²) < 4.78 is 50.3. The maximum Gasteiger partial charge on any atom is 0.330 e. The number of aryl methyl sites for hydroxylation is 1. The number of methoxy groups -OCH3 is 1. The monoisotopic (exact) mass is 485 g/mol. The van der Waals surface area contributed by atoms with Crippen LogP contribution in [0.5, 0.6) is 0 Å². The van der Waals surface area contributed by atoms with Gasteiger partial charge in [0.15, 0.2) is 0 Å². The smallest absolute Gasteiger partial charge is 0.330 e. The van der Waals surface area contributed by atoms with Crippen molar-refractivity contribution in [3.8, 4) is 0 Å². The van der Waals surface area contributed by atoms with Crippen molar-refractivity contribution < 1.29 is 36.3 Å². The van der Waals surface area contributed by atoms with Crippen LogP contribution >= 0.6 is 0 Å². The van der Waals surface area contributed by atoms with E-state index in [1.807, 2.05) is 13.0 Å². The summed E-state index contributed by atoms with van der Waals surface area (Å²) in [5, 5.41) is 0. The van der Waals surface area contributed by atoms with E-state index >= 15 is 0 Å². The minimum absolute atomic E-state index is 0.0451. The number of ether oxygens (including phenoxy) is 4. The molecule has 1 aliphatic heterocycles. The summed E-state index contributed by atoms with van der Waals surface area (Å²) in [6.07, 6.45) is 5.38. The molecule has 9 nitrogen and oxygen atoms in total. The first-order valence-corrected chi connectivity index (χ1v) is 12.5. The normalized spacial score (nSPS) is 15.8. The Hall–Kier alpha value is -1.82. The van der Waals surface area contributed by atoms with E-state index in [4.69, 9.17) is 18.4 Å². The summed E-state index contributed by atoms with van der Waals surface area (Å²) in [6, 6.07) is 6.50. The van der Waals surface area contributed by atoms with Gasteiger partial charge in [-0.2, -0.15) is 8.42 Å². The third kappa shape index (κ3) is 11.2. The summed E-state index contributed by atoms with van der Waals surface area (Å²) in [5.74, 6) is -0.335. The second-order valence-electron chi connectivity index (χ2n) is 7.61. The molecule has 0 bridgehead atoms. The van der Waals surface area contributed by atoms with E-state index in [-0.39, 0.29) is 30.2 Å². The average Bonchev–Trinajstić information content (AvgIpc) is 2.81. The molecule has 0 radical (unpaired) electrons. The van der Waals surface area contributed by atoms with Crippen molar-refractivity contribution >= 4 is 16.1 Å². The van der Waals surface area contributed by atoms with Crippen LogP contribution in [-0.4, -0.2) is 91.8 Å². The highest BCUT2D eigenvalue weighted by Gasteiger charge is 2.18. The number of esters is 1. The first kappa shape index (κ1) is 27.4. The maximum atomic E-state index is 12.0. The van der Waals surface area contributed by atoms with Gasteiger partial charge in [0.25, 0.3) is 10.1 Å². The molecule has 1 fully saturated rings. The maximum absolute atomic E-state index is 12.0. The van der Waals surface area contributed by atoms with E-state index in [1.54, 1.807) is 12.1 Å². The molecule has 0 N–H and O–H groups in total. The highest BCUT2D eigenvalue weighted by atomic mass is 32.2. The fourth-order valence-electron chi connectivity index (χ4n) is 3.20. The van der Waals surface area contributed by atoms with Crippen LogP contribution in [0.25, 0.3) is 0 Å². The van der Waals surface area contributed by atoms with Gasteiger partial charge in [-0.3, -0.25) is 9.08 Å². The number of piperidine rings is 1. The molecule has 186 valence electrons. The fourth-order valence-corrected chi connectivity index (χ4v) is 4.09. The molecule has 2 rings (SSSR count). The van der Waals surface area contributed by atoms with Crippen molar-refractivity contribution in [2.45, 2.75) is 30.8 Å². The first-order chi connectivity index (χ1) is 15.9. The predicted octanol–water partition coefficient (Wildman–Crippen LogP) is 1.94. The van der Waals surface area contributed by atoms with Gasteiger partial charge in [0.2, 0.25) is 0 Å². The second kappa shape index (κ2) is 15.2. The lowest BCUT2D eigenvalue weighted by Crippen LogP contribution is -2.37. The van der Waals surface area contributed by atoms with Crippen LogP contribution < -0.4 is 0 Å². The summed E-state index contributed by atoms with van der Waals surface area (Å²) in [7, 11) is -2.39. The van der Waals surface area contributed by atoms with E-state index in [0.717, 1.165) is 38.0 Å². The molecule has 0 atom stereocenters. The SMILES string of the molecule is COC(=O)/C=C/CN1CCC(OCCOCCOCCOS(=O)(=O)c2ccc(C)cc2)CC1. The lowest BCUT2D eigenvalue weighted by molar-refractivity contribution is -0.134. The number of carbonyl (C=O) groups is 1. The molecule has 33 heavy (non-hydrogen) atoms. The lowest BCUT2D eigenvalue weighted by Gasteiger charge is -2.31. The molecule has 0 unspecified atom stereocenters. The zero-order valence-corrected chi connectivity index (χ0v) is 20.3. The van der Waals surface area contributed by atoms with E-state index in [9.17, 15) is 13.2 Å². The highest BCUT2D eigenvalue weighted by molar-refractivity contribution is 7.86. The summed E-state index contributed by atoms with van der Waals surface area (Å²) in [4.78, 5) is 13.5. The number of likely N-dealkylation sites (tertiary alicyclic amines) is 1. The molecule has 0 saturated carbocycles. The zero-order chi connectivity index (χ0) is 23.9. The van der Waals surface area contributed by atoms with E-state index in [0.29, 0.717) is 26.4 Å². The fraction of sp³-hybridized carbons (Fsp3) is 0.609. The van der Waals surface area contributed by atoms with Gasteiger partial charge in [-0.25, -0.2) is 4.79 Å². The Bertz CT molecular complexity index is 817. The van der Waals surface area contributed by atoms with Gasteiger partial charge in [-0.15, -0.1) is 0 Å². The van der Waals surface area contributed by atoms with Crippen LogP contribution in [0.1, 0.15) is 18.4 Å². The average molecular weight is 486 g/mol. The van der Waals surface area contributed by atoms with Crippen LogP contribution in [0.3, 0.4) is 0 Å². The number of rotatable bonds is 15. The minimum Gasteiger partial charge on any atom is -0.466 e. The molecule has 1 aromatic carbocycles. The predicted molar refractivity (Wildman–Crippen MR) is 123 cm³/mol. The van der Waals surface area contributed by atoms with Crippen molar-refractivity contribution in [1.29, 1.82) is 0 Å². The van der Waals surface area contributed by atoms with Crippen molar-refractivity contribution in [3.05, 3.63) is 42.0 Å². The standard InChI is InChI=1S/C23H35NO8S/c1-20-5-7-22(8-6-20)33(26,27)32-19-17-30-15-14-29-16-18-31-21-9-12-24(13-10-21)11-3-4-23(25)28-2/h3-8,21H,9-19H2,1-2H3/b4-3+. The van der Waals surface area contributed by atoms with Gasteiger partial charge in [0.05, 0.1) is 57.8 Å². The summed E-state index contributed by atoms with van der Waals surface area (Å²) in [5.41, 5.74) is 0.981. The molecular weight excluding hydrogens is 450 g/mol. The van der Waals surface area contributed by atoms with Gasteiger partial charge < -0.3 is 18.9 Å². The Balaban J connectivity index is 1.42. The van der Waals surface area contributed by atoms with Gasteiger partial charge in [0, 0.05) is 25.7 Å². The number of carbonyl (C=O) groups excluding carboxylic acids is 1. The third-order valence-corrected chi connectivity index (χ3v) is 6.41. The van der Waals surface area contributed by atoms with E-state index in [1.165, 1.54) is 25.3 Å². The van der Waals surface area contributed by atoms with Crippen LogP contribution in [0.15, 0.2) is 41.3 Å². The van der Waals surface area contributed by atoms with Crippen molar-refractivity contribution in [1.82, 2.24) is 4.90 Å². The lowest BCUT2D eigenvalue weighted by atomic mass is 10.1. The molecule has 10 heteroatoms. The van der Waals surface area contributed by atoms with E-state index < -0.39 is 10.1 Å². The quantitative estimate of drug-likeness (QED) is 0.160. The van der Waals surface area contributed by atoms with E-state index in [2.05, 4.69) is 9.64 Å². The van der Waals surface area contributed by atoms with Gasteiger partial charge in [-0.1, -0.05) is 23.8 Å². The van der Waals surface area contributed by atoms with Crippen LogP contribution in [0, 0.1) is 6.92 Å². The molecule has 1 aromatic rings. The van der Waals surface area contributed by atoms with Crippen molar-refractivity contribution in [2.24, 2.45) is 0 Å². The Kier molecular flexibility index (Phi) is 12.6.